The molecule has 11 aromatic rings. The Bertz CT molecular complexity index is 3970. The molecule has 0 saturated heterocycles. The highest BCUT2D eigenvalue weighted by molar-refractivity contribution is 6.10. The molecule has 0 aliphatic heterocycles. The van der Waals surface area contributed by atoms with Crippen LogP contribution in [0, 0.1) is 18.8 Å². The van der Waals surface area contributed by atoms with Gasteiger partial charge in [0, 0.05) is 50.6 Å². The van der Waals surface area contributed by atoms with Gasteiger partial charge in [-0.05, 0) is 229 Å². The summed E-state index contributed by atoms with van der Waals surface area (Å²) in [6.45, 7) is 8.46. The second-order valence-electron chi connectivity index (χ2n) is 23.7. The molecular formula is C77H69N3. The zero-order valence-electron chi connectivity index (χ0n) is 46.2. The number of unbranched alkanes of at least 4 members (excludes halogenated alkanes) is 1. The van der Waals surface area contributed by atoms with Crippen molar-refractivity contribution in [2.24, 2.45) is 11.8 Å². The number of nitrogens with zero attached hydrogens (tertiary/aromatic N) is 3. The minimum Gasteiger partial charge on any atom is -0.311 e. The molecule has 4 fully saturated rings. The number of rotatable bonds is 15. The van der Waals surface area contributed by atoms with Crippen LogP contribution >= 0.6 is 0 Å². The van der Waals surface area contributed by atoms with E-state index in [1.807, 2.05) is 6.08 Å². The van der Waals surface area contributed by atoms with E-state index < -0.39 is 0 Å². The molecule has 2 atom stereocenters. The Morgan fingerprint density at radius 3 is 1.43 bits per heavy atom. The van der Waals surface area contributed by atoms with E-state index in [1.165, 1.54) is 135 Å². The van der Waals surface area contributed by atoms with Crippen LogP contribution in [0.3, 0.4) is 0 Å². The van der Waals surface area contributed by atoms with E-state index in [1.54, 1.807) is 5.56 Å². The monoisotopic (exact) mass is 1040 g/mol. The van der Waals surface area contributed by atoms with E-state index in [9.17, 15) is 0 Å². The van der Waals surface area contributed by atoms with Gasteiger partial charge >= 0.3 is 0 Å². The number of anilines is 6. The number of benzene rings is 10. The molecule has 15 rings (SSSR count). The molecule has 3 nitrogen and oxygen atoms in total. The van der Waals surface area contributed by atoms with Gasteiger partial charge in [-0.25, -0.2) is 0 Å². The average molecular weight is 1040 g/mol. The van der Waals surface area contributed by atoms with Gasteiger partial charge in [-0.3, -0.25) is 0 Å². The molecule has 3 heteroatoms. The second kappa shape index (κ2) is 20.5. The molecule has 80 heavy (non-hydrogen) atoms. The van der Waals surface area contributed by atoms with Crippen molar-refractivity contribution in [3.8, 4) is 27.9 Å². The Morgan fingerprint density at radius 2 is 0.900 bits per heavy atom. The lowest BCUT2D eigenvalue weighted by Gasteiger charge is -2.63. The van der Waals surface area contributed by atoms with Gasteiger partial charge in [0.15, 0.2) is 0 Å². The number of hydrogen-bond acceptors (Lipinski definition) is 2. The Kier molecular flexibility index (Phi) is 12.7. The zero-order chi connectivity index (χ0) is 53.8. The lowest BCUT2D eigenvalue weighted by molar-refractivity contribution is -0.0281. The molecule has 0 spiro atoms. The van der Waals surface area contributed by atoms with Crippen LogP contribution in [0.15, 0.2) is 249 Å². The molecule has 10 aromatic carbocycles. The molecule has 2 unspecified atom stereocenters. The summed E-state index contributed by atoms with van der Waals surface area (Å²) >= 11 is 0. The second-order valence-corrected chi connectivity index (χ2v) is 23.7. The first-order valence-corrected chi connectivity index (χ1v) is 29.3. The lowest BCUT2D eigenvalue weighted by Crippen LogP contribution is -2.55. The van der Waals surface area contributed by atoms with Crippen molar-refractivity contribution in [2.75, 3.05) is 9.80 Å². The van der Waals surface area contributed by atoms with Crippen LogP contribution < -0.4 is 9.80 Å². The fourth-order valence-corrected chi connectivity index (χ4v) is 15.1. The van der Waals surface area contributed by atoms with Crippen LogP contribution in [0.1, 0.15) is 86.1 Å². The van der Waals surface area contributed by atoms with E-state index in [2.05, 4.69) is 277 Å². The van der Waals surface area contributed by atoms with Gasteiger partial charge < -0.3 is 14.4 Å². The van der Waals surface area contributed by atoms with Crippen LogP contribution in [0.25, 0.3) is 55.8 Å². The van der Waals surface area contributed by atoms with Crippen molar-refractivity contribution in [2.45, 2.75) is 82.5 Å². The third-order valence-corrected chi connectivity index (χ3v) is 18.6. The first-order chi connectivity index (χ1) is 39.3. The van der Waals surface area contributed by atoms with E-state index in [4.69, 9.17) is 0 Å². The highest BCUT2D eigenvalue weighted by atomic mass is 15.1. The summed E-state index contributed by atoms with van der Waals surface area (Å²) in [6, 6.07) is 91.1. The number of hydrogen-bond donors (Lipinski definition) is 0. The summed E-state index contributed by atoms with van der Waals surface area (Å²) in [5.41, 5.74) is 22.7. The van der Waals surface area contributed by atoms with Crippen molar-refractivity contribution >= 4 is 62.0 Å². The quantitative estimate of drug-likeness (QED) is 0.101. The minimum absolute atomic E-state index is 0.231. The van der Waals surface area contributed by atoms with Crippen LogP contribution in [0.2, 0.25) is 0 Å². The van der Waals surface area contributed by atoms with Crippen molar-refractivity contribution in [3.63, 3.8) is 0 Å². The highest BCUT2D eigenvalue weighted by Crippen LogP contribution is 2.66. The van der Waals surface area contributed by atoms with Gasteiger partial charge in [0.05, 0.1) is 11.0 Å². The van der Waals surface area contributed by atoms with Crippen molar-refractivity contribution in [1.82, 2.24) is 4.57 Å². The van der Waals surface area contributed by atoms with Crippen LogP contribution in [-0.2, 0) is 17.3 Å². The van der Waals surface area contributed by atoms with Crippen LogP contribution in [0.5, 0.6) is 0 Å². The summed E-state index contributed by atoms with van der Waals surface area (Å²) in [5.74, 6) is 1.60. The van der Waals surface area contributed by atoms with E-state index in [0.717, 1.165) is 41.0 Å². The third kappa shape index (κ3) is 9.03. The third-order valence-electron chi connectivity index (χ3n) is 18.6. The predicted molar refractivity (Wildman–Crippen MR) is 339 cm³/mol. The predicted octanol–water partition coefficient (Wildman–Crippen LogP) is 21.1. The maximum atomic E-state index is 4.03. The van der Waals surface area contributed by atoms with Crippen molar-refractivity contribution < 1.29 is 0 Å². The van der Waals surface area contributed by atoms with E-state index >= 15 is 0 Å². The molecule has 1 heterocycles. The summed E-state index contributed by atoms with van der Waals surface area (Å²) in [5, 5.41) is 2.51. The standard InChI is InChI=1S/C77H69N3/c1-4-6-12-56-21-36-67(37-22-56)79(71-44-32-64(33-45-71)77-51-57-47-58(52-77)50-76(49-57,53-77)63-30-19-55(5-2)20-31-63)69-40-25-60(26-41-69)59-23-38-68(39-24-59)78(66-34-17-54(3)18-35-66)70-42-27-61(28-43-70)62-29-46-75-73(48-62)72-15-10-11-16-74(72)80(75)65-13-8-7-9-14-65/h5,7-11,13-46,48,57-58H,2,4,6,12,47,49-53H2,1,3H3. The minimum atomic E-state index is 0.231. The SMILES string of the molecule is C=Cc1ccc(C23CC4CC(C2)CC(c2ccc(N(c5ccc(CCCC)cc5)c5ccc(-c6ccc(N(c7ccc(C)cc7)c7ccc(-c8ccc9c(c8)c8ccccc8n9-c8ccccc8)cc7)cc6)cc5)cc2)(C4)C3)cc1. The molecule has 392 valence electrons. The van der Waals surface area contributed by atoms with Gasteiger partial charge in [-0.1, -0.05) is 171 Å². The Morgan fingerprint density at radius 1 is 0.463 bits per heavy atom. The number of para-hydroxylation sites is 2. The molecular weight excluding hydrogens is 967 g/mol. The van der Waals surface area contributed by atoms with Crippen molar-refractivity contribution in [3.05, 3.63) is 277 Å². The topological polar surface area (TPSA) is 11.4 Å². The van der Waals surface area contributed by atoms with Gasteiger partial charge in [-0.15, -0.1) is 0 Å². The first-order valence-electron chi connectivity index (χ1n) is 29.3. The van der Waals surface area contributed by atoms with Gasteiger partial charge in [-0.2, -0.15) is 0 Å². The Balaban J connectivity index is 0.747. The van der Waals surface area contributed by atoms with E-state index in [-0.39, 0.29) is 10.8 Å². The van der Waals surface area contributed by atoms with E-state index in [0.29, 0.717) is 0 Å². The molecule has 0 radical (unpaired) electrons. The smallest absolute Gasteiger partial charge is 0.0541 e. The van der Waals surface area contributed by atoms with Crippen molar-refractivity contribution in [1.29, 1.82) is 0 Å². The molecule has 4 bridgehead atoms. The number of fused-ring (bicyclic) bond motifs is 3. The Hall–Kier alpha value is -8.66. The van der Waals surface area contributed by atoms with Crippen LogP contribution in [-0.4, -0.2) is 4.57 Å². The first kappa shape index (κ1) is 49.6. The summed E-state index contributed by atoms with van der Waals surface area (Å²) in [4.78, 5) is 4.82. The zero-order valence-corrected chi connectivity index (χ0v) is 46.2. The fraction of sp³-hybridized carbons (Fsp3) is 0.195. The van der Waals surface area contributed by atoms with Gasteiger partial charge in [0.2, 0.25) is 0 Å². The highest BCUT2D eigenvalue weighted by Gasteiger charge is 2.58. The maximum Gasteiger partial charge on any atom is 0.0541 e. The average Bonchev–Trinajstić information content (AvgIpc) is 2.98. The normalized spacial score (nSPS) is 19.1. The van der Waals surface area contributed by atoms with Crippen LogP contribution in [0.4, 0.5) is 34.1 Å². The lowest BCUT2D eigenvalue weighted by atomic mass is 9.42. The molecule has 4 saturated carbocycles. The summed E-state index contributed by atoms with van der Waals surface area (Å²) in [7, 11) is 0. The molecule has 4 aliphatic rings. The molecule has 4 aliphatic carbocycles. The Labute approximate surface area is 473 Å². The molecule has 1 aromatic heterocycles. The van der Waals surface area contributed by atoms with Gasteiger partial charge in [0.25, 0.3) is 0 Å². The summed E-state index contributed by atoms with van der Waals surface area (Å²) in [6.07, 6.45) is 13.5. The summed E-state index contributed by atoms with van der Waals surface area (Å²) < 4.78 is 2.38. The fourth-order valence-electron chi connectivity index (χ4n) is 15.1. The maximum absolute atomic E-state index is 4.03. The van der Waals surface area contributed by atoms with Gasteiger partial charge in [0.1, 0.15) is 0 Å². The molecule has 0 amide bonds. The number of aryl methyl sites for hydroxylation is 2. The largest absolute Gasteiger partial charge is 0.311 e. The molecule has 0 N–H and O–H groups in total. The number of aromatic nitrogens is 1.